The van der Waals surface area contributed by atoms with Crippen molar-refractivity contribution in [2.75, 3.05) is 5.73 Å². The lowest BCUT2D eigenvalue weighted by Crippen LogP contribution is -2.17. The van der Waals surface area contributed by atoms with Gasteiger partial charge in [-0.1, -0.05) is 58.4 Å². The van der Waals surface area contributed by atoms with Gasteiger partial charge in [-0.3, -0.25) is 4.79 Å². The first kappa shape index (κ1) is 23.2. The zero-order valence-electron chi connectivity index (χ0n) is 18.9. The molecule has 36 heavy (non-hydrogen) atoms. The van der Waals surface area contributed by atoms with E-state index in [2.05, 4.69) is 36.7 Å². The van der Waals surface area contributed by atoms with Crippen LogP contribution in [0.2, 0.25) is 0 Å². The Morgan fingerprint density at radius 1 is 0.861 bits per heavy atom. The van der Waals surface area contributed by atoms with Crippen LogP contribution in [-0.4, -0.2) is 17.2 Å². The molecule has 0 radical (unpaired) electrons. The van der Waals surface area contributed by atoms with Crippen molar-refractivity contribution in [3.8, 4) is 5.75 Å². The lowest BCUT2D eigenvalue weighted by atomic mass is 9.99. The van der Waals surface area contributed by atoms with Crippen molar-refractivity contribution in [3.05, 3.63) is 107 Å². The fourth-order valence-electron chi connectivity index (χ4n) is 3.78. The minimum Gasteiger partial charge on any atom is -0.505 e. The van der Waals surface area contributed by atoms with Crippen LogP contribution in [0.3, 0.4) is 0 Å². The summed E-state index contributed by atoms with van der Waals surface area (Å²) in [7, 11) is 0. The molecule has 0 spiro atoms. The fraction of sp³-hybridized carbons (Fsp3) is 0. The Balaban J connectivity index is 1.58. The summed E-state index contributed by atoms with van der Waals surface area (Å²) in [4.78, 5) is 13.0. The van der Waals surface area contributed by atoms with Gasteiger partial charge in [-0.05, 0) is 64.7 Å². The van der Waals surface area contributed by atoms with E-state index in [1.807, 2.05) is 60.7 Å². The number of fused-ring (bicyclic) bond motifs is 2. The van der Waals surface area contributed by atoms with E-state index in [4.69, 9.17) is 5.73 Å². The molecule has 0 unspecified atom stereocenters. The van der Waals surface area contributed by atoms with E-state index in [0.29, 0.717) is 16.8 Å². The zero-order chi connectivity index (χ0) is 25.1. The molecule has 5 aromatic rings. The second-order valence-electron chi connectivity index (χ2n) is 8.05. The zero-order valence-corrected chi connectivity index (χ0v) is 20.5. The molecule has 0 saturated heterocycles. The summed E-state index contributed by atoms with van der Waals surface area (Å²) in [5.74, 6) is -0.861. The van der Waals surface area contributed by atoms with Gasteiger partial charge in [0.25, 0.3) is 5.91 Å². The Hall–Kier alpha value is -4.56. The maximum absolute atomic E-state index is 13.0. The molecule has 5 rings (SSSR count). The number of carbonyl (C=O) groups is 1. The number of carbonyl (C=O) groups excluding carboxylic acids is 1. The number of nitrogens with zero attached hydrogens (tertiary/aromatic N) is 3. The van der Waals surface area contributed by atoms with Gasteiger partial charge in [0.05, 0.1) is 17.5 Å². The Kier molecular flexibility index (Phi) is 6.42. The molecule has 4 N–H and O–H groups in total. The third-order valence-corrected chi connectivity index (χ3v) is 6.35. The molecule has 0 bridgehead atoms. The predicted octanol–water partition coefficient (Wildman–Crippen LogP) is 7.22. The first-order valence-electron chi connectivity index (χ1n) is 11.0. The minimum absolute atomic E-state index is 0.0355. The number of phenols is 1. The standard InChI is InChI=1S/C28H20BrN5O2/c29-25-8-4-3-7-19(25)16-31-34-28(36)24-15-20-13-17-5-1-2-6-18(17)14-23(20)26(27(24)35)33-32-22-11-9-21(30)10-12-22/h1-16,35H,30H2,(H,34,36)/b31-16+,33-32?. The Morgan fingerprint density at radius 2 is 1.56 bits per heavy atom. The largest absolute Gasteiger partial charge is 0.505 e. The number of hydrogen-bond donors (Lipinski definition) is 3. The summed E-state index contributed by atoms with van der Waals surface area (Å²) in [6.45, 7) is 0. The number of hydrogen-bond acceptors (Lipinski definition) is 6. The number of rotatable bonds is 5. The summed E-state index contributed by atoms with van der Waals surface area (Å²) >= 11 is 3.44. The molecule has 0 saturated carbocycles. The van der Waals surface area contributed by atoms with E-state index < -0.39 is 5.91 Å². The number of nitrogens with two attached hydrogens (primary N) is 1. The maximum Gasteiger partial charge on any atom is 0.275 e. The van der Waals surface area contributed by atoms with Crippen molar-refractivity contribution in [3.63, 3.8) is 0 Å². The number of nitrogen functional groups attached to an aromatic ring is 1. The highest BCUT2D eigenvalue weighted by Gasteiger charge is 2.19. The van der Waals surface area contributed by atoms with E-state index in [1.54, 1.807) is 30.3 Å². The van der Waals surface area contributed by atoms with Crippen molar-refractivity contribution < 1.29 is 9.90 Å². The van der Waals surface area contributed by atoms with Crippen molar-refractivity contribution in [1.29, 1.82) is 0 Å². The van der Waals surface area contributed by atoms with Gasteiger partial charge in [0.1, 0.15) is 5.69 Å². The van der Waals surface area contributed by atoms with Gasteiger partial charge < -0.3 is 10.8 Å². The van der Waals surface area contributed by atoms with Crippen LogP contribution in [0.15, 0.2) is 111 Å². The van der Waals surface area contributed by atoms with Gasteiger partial charge in [0, 0.05) is 21.1 Å². The predicted molar refractivity (Wildman–Crippen MR) is 147 cm³/mol. The van der Waals surface area contributed by atoms with Gasteiger partial charge in [0.2, 0.25) is 0 Å². The summed E-state index contributed by atoms with van der Waals surface area (Å²) < 4.78 is 0.841. The first-order chi connectivity index (χ1) is 17.5. The smallest absolute Gasteiger partial charge is 0.275 e. The molecule has 0 fully saturated rings. The number of benzene rings is 5. The molecular formula is C28H20BrN5O2. The van der Waals surface area contributed by atoms with Gasteiger partial charge in [0.15, 0.2) is 5.75 Å². The van der Waals surface area contributed by atoms with E-state index in [-0.39, 0.29) is 17.0 Å². The molecule has 8 heteroatoms. The highest BCUT2D eigenvalue weighted by molar-refractivity contribution is 9.10. The van der Waals surface area contributed by atoms with E-state index in [1.165, 1.54) is 6.21 Å². The lowest BCUT2D eigenvalue weighted by Gasteiger charge is -2.11. The molecular weight excluding hydrogens is 518 g/mol. The molecule has 0 atom stereocenters. The summed E-state index contributed by atoms with van der Waals surface area (Å²) in [5.41, 5.74) is 10.4. The number of nitrogens with one attached hydrogen (secondary N) is 1. The Bertz CT molecular complexity index is 1660. The average molecular weight is 538 g/mol. The SMILES string of the molecule is Nc1ccc(N=Nc2c(O)c(C(=O)N/N=C/c3ccccc3Br)cc3cc4ccccc4cc23)cc1. The molecule has 7 nitrogen and oxygen atoms in total. The third kappa shape index (κ3) is 4.80. The van der Waals surface area contributed by atoms with E-state index >= 15 is 0 Å². The number of aromatic hydroxyl groups is 1. The quantitative estimate of drug-likeness (QED) is 0.0722. The molecule has 176 valence electrons. The number of phenolic OH excluding ortho intramolecular Hbond substituents is 1. The van der Waals surface area contributed by atoms with E-state index in [9.17, 15) is 9.90 Å². The van der Waals surface area contributed by atoms with Crippen molar-refractivity contribution in [2.45, 2.75) is 0 Å². The molecule has 5 aromatic carbocycles. The number of halogens is 1. The van der Waals surface area contributed by atoms with Crippen LogP contribution in [0, 0.1) is 0 Å². The van der Waals surface area contributed by atoms with Crippen LogP contribution in [0.25, 0.3) is 21.5 Å². The second-order valence-corrected chi connectivity index (χ2v) is 8.91. The average Bonchev–Trinajstić information content (AvgIpc) is 2.89. The topological polar surface area (TPSA) is 112 Å². The number of anilines is 1. The molecule has 0 aliphatic rings. The first-order valence-corrected chi connectivity index (χ1v) is 11.8. The van der Waals surface area contributed by atoms with Gasteiger partial charge in [-0.25, -0.2) is 5.43 Å². The van der Waals surface area contributed by atoms with Crippen LogP contribution in [-0.2, 0) is 0 Å². The van der Waals surface area contributed by atoms with E-state index in [0.717, 1.165) is 26.2 Å². The van der Waals surface area contributed by atoms with Gasteiger partial charge in [-0.2, -0.15) is 10.2 Å². The summed E-state index contributed by atoms with van der Waals surface area (Å²) in [5, 5.41) is 27.1. The van der Waals surface area contributed by atoms with Crippen molar-refractivity contribution >= 4 is 66.7 Å². The lowest BCUT2D eigenvalue weighted by molar-refractivity contribution is 0.0952. The van der Waals surface area contributed by atoms with Crippen LogP contribution >= 0.6 is 15.9 Å². The third-order valence-electron chi connectivity index (χ3n) is 5.63. The molecule has 1 amide bonds. The molecule has 0 aromatic heterocycles. The second kappa shape index (κ2) is 9.97. The number of azo groups is 1. The molecule has 0 aliphatic heterocycles. The number of hydrazone groups is 1. The van der Waals surface area contributed by atoms with Crippen LogP contribution < -0.4 is 11.2 Å². The highest BCUT2D eigenvalue weighted by atomic mass is 79.9. The van der Waals surface area contributed by atoms with Crippen LogP contribution in [0.4, 0.5) is 17.1 Å². The maximum atomic E-state index is 13.0. The van der Waals surface area contributed by atoms with Crippen LogP contribution in [0.1, 0.15) is 15.9 Å². The van der Waals surface area contributed by atoms with Crippen molar-refractivity contribution in [1.82, 2.24) is 5.43 Å². The summed E-state index contributed by atoms with van der Waals surface area (Å²) in [6.07, 6.45) is 1.52. The van der Waals surface area contributed by atoms with Gasteiger partial charge >= 0.3 is 0 Å². The van der Waals surface area contributed by atoms with Crippen LogP contribution in [0.5, 0.6) is 5.75 Å². The van der Waals surface area contributed by atoms with Gasteiger partial charge in [-0.15, -0.1) is 5.11 Å². The Morgan fingerprint density at radius 3 is 2.31 bits per heavy atom. The normalized spacial score (nSPS) is 11.6. The highest BCUT2D eigenvalue weighted by Crippen LogP contribution is 2.41. The molecule has 0 aliphatic carbocycles. The Labute approximate surface area is 215 Å². The summed E-state index contributed by atoms with van der Waals surface area (Å²) in [6, 6.07) is 27.7. The fourth-order valence-corrected chi connectivity index (χ4v) is 4.17. The number of amides is 1. The monoisotopic (exact) mass is 537 g/mol. The minimum atomic E-state index is -0.574. The van der Waals surface area contributed by atoms with Crippen molar-refractivity contribution in [2.24, 2.45) is 15.3 Å². The molecule has 0 heterocycles.